The van der Waals surface area contributed by atoms with E-state index in [2.05, 4.69) is 69.8 Å². The molecule has 0 radical (unpaired) electrons. The van der Waals surface area contributed by atoms with Crippen LogP contribution in [-0.4, -0.2) is 17.0 Å². The van der Waals surface area contributed by atoms with Gasteiger partial charge in [-0.05, 0) is 53.0 Å². The minimum Gasteiger partial charge on any atom is -0.329 e. The number of hydrogen-bond acceptors (Lipinski definition) is 3. The Bertz CT molecular complexity index is 576. The molecule has 0 N–H and O–H groups in total. The van der Waals surface area contributed by atoms with Gasteiger partial charge in [-0.1, -0.05) is 13.0 Å². The predicted molar refractivity (Wildman–Crippen MR) is 83.1 cm³/mol. The molecule has 19 heavy (non-hydrogen) atoms. The van der Waals surface area contributed by atoms with Crippen LogP contribution in [0.1, 0.15) is 23.9 Å². The van der Waals surface area contributed by atoms with E-state index in [1.54, 1.807) is 0 Å². The third-order valence-electron chi connectivity index (χ3n) is 2.98. The predicted octanol–water partition coefficient (Wildman–Crippen LogP) is 4.19. The number of aromatic nitrogens is 2. The van der Waals surface area contributed by atoms with E-state index in [0.29, 0.717) is 0 Å². The van der Waals surface area contributed by atoms with E-state index < -0.39 is 0 Å². The molecule has 1 aromatic carbocycles. The van der Waals surface area contributed by atoms with Crippen LogP contribution in [0.4, 0.5) is 11.5 Å². The van der Waals surface area contributed by atoms with Crippen LogP contribution in [0.2, 0.25) is 0 Å². The molecule has 0 unspecified atom stereocenters. The zero-order valence-corrected chi connectivity index (χ0v) is 13.3. The zero-order chi connectivity index (χ0) is 14.0. The first-order valence-corrected chi connectivity index (χ1v) is 7.14. The minimum absolute atomic E-state index is 0.825. The number of hydrogen-bond donors (Lipinski definition) is 0. The summed E-state index contributed by atoms with van der Waals surface area (Å²) >= 11 is 3.45. The Hall–Kier alpha value is -1.42. The highest BCUT2D eigenvalue weighted by molar-refractivity contribution is 9.10. The second kappa shape index (κ2) is 5.70. The third kappa shape index (κ3) is 3.32. The molecule has 4 heteroatoms. The van der Waals surface area contributed by atoms with Crippen LogP contribution in [0.15, 0.2) is 28.9 Å². The summed E-state index contributed by atoms with van der Waals surface area (Å²) in [5, 5.41) is 0. The molecular weight excluding hydrogens is 302 g/mol. The fraction of sp³-hybridized carbons (Fsp3) is 0.333. The minimum atomic E-state index is 0.825. The molecule has 0 fully saturated rings. The van der Waals surface area contributed by atoms with Gasteiger partial charge in [0.1, 0.15) is 16.2 Å². The van der Waals surface area contributed by atoms with Crippen molar-refractivity contribution in [3.8, 4) is 0 Å². The molecular formula is C15H18BrN3. The van der Waals surface area contributed by atoms with E-state index in [-0.39, 0.29) is 0 Å². The average Bonchev–Trinajstić information content (AvgIpc) is 2.35. The van der Waals surface area contributed by atoms with Crippen molar-refractivity contribution in [3.63, 3.8) is 0 Å². The first-order chi connectivity index (χ1) is 8.99. The molecule has 1 heterocycles. The van der Waals surface area contributed by atoms with Gasteiger partial charge in [-0.25, -0.2) is 9.97 Å². The lowest BCUT2D eigenvalue weighted by atomic mass is 10.1. The Morgan fingerprint density at radius 3 is 2.26 bits per heavy atom. The Kier molecular flexibility index (Phi) is 4.20. The molecule has 100 valence electrons. The lowest BCUT2D eigenvalue weighted by molar-refractivity contribution is 0.914. The highest BCUT2D eigenvalue weighted by Gasteiger charge is 2.09. The Labute approximate surface area is 122 Å². The maximum absolute atomic E-state index is 4.57. The van der Waals surface area contributed by atoms with Gasteiger partial charge in [0.05, 0.1) is 0 Å². The SMILES string of the molecule is CCc1nc(Br)cc(N(C)c2cc(C)cc(C)c2)n1. The zero-order valence-electron chi connectivity index (χ0n) is 11.7. The summed E-state index contributed by atoms with van der Waals surface area (Å²) < 4.78 is 0.825. The lowest BCUT2D eigenvalue weighted by Crippen LogP contribution is -2.13. The van der Waals surface area contributed by atoms with E-state index in [0.717, 1.165) is 28.4 Å². The molecule has 2 rings (SSSR count). The van der Waals surface area contributed by atoms with E-state index in [4.69, 9.17) is 0 Å². The number of anilines is 2. The highest BCUT2D eigenvalue weighted by atomic mass is 79.9. The van der Waals surface area contributed by atoms with Gasteiger partial charge >= 0.3 is 0 Å². The summed E-state index contributed by atoms with van der Waals surface area (Å²) in [6.07, 6.45) is 0.827. The maximum atomic E-state index is 4.57. The van der Waals surface area contributed by atoms with Crippen LogP contribution in [0.3, 0.4) is 0 Å². The summed E-state index contributed by atoms with van der Waals surface area (Å²) in [6, 6.07) is 8.44. The quantitative estimate of drug-likeness (QED) is 0.794. The molecule has 0 saturated carbocycles. The van der Waals surface area contributed by atoms with Crippen LogP contribution in [-0.2, 0) is 6.42 Å². The second-order valence-electron chi connectivity index (χ2n) is 4.72. The normalized spacial score (nSPS) is 10.6. The first kappa shape index (κ1) is 14.0. The number of nitrogens with zero attached hydrogens (tertiary/aromatic N) is 3. The number of halogens is 1. The largest absolute Gasteiger partial charge is 0.329 e. The molecule has 0 spiro atoms. The molecule has 2 aromatic rings. The molecule has 0 saturated heterocycles. The molecule has 0 aliphatic rings. The standard InChI is InChI=1S/C15H18BrN3/c1-5-14-17-13(16)9-15(18-14)19(4)12-7-10(2)6-11(3)8-12/h6-9H,5H2,1-4H3. The van der Waals surface area contributed by atoms with Crippen molar-refractivity contribution in [1.82, 2.24) is 9.97 Å². The van der Waals surface area contributed by atoms with Crippen molar-refractivity contribution in [2.24, 2.45) is 0 Å². The Morgan fingerprint density at radius 2 is 1.68 bits per heavy atom. The van der Waals surface area contributed by atoms with Crippen LogP contribution >= 0.6 is 15.9 Å². The van der Waals surface area contributed by atoms with Gasteiger partial charge in [0.2, 0.25) is 0 Å². The van der Waals surface area contributed by atoms with Crippen molar-refractivity contribution in [3.05, 3.63) is 45.8 Å². The summed E-state index contributed by atoms with van der Waals surface area (Å²) in [7, 11) is 2.03. The van der Waals surface area contributed by atoms with Crippen LogP contribution in [0.5, 0.6) is 0 Å². The van der Waals surface area contributed by atoms with E-state index in [1.807, 2.05) is 13.1 Å². The van der Waals surface area contributed by atoms with Gasteiger partial charge in [-0.2, -0.15) is 0 Å². The Morgan fingerprint density at radius 1 is 1.05 bits per heavy atom. The van der Waals surface area contributed by atoms with Crippen LogP contribution in [0.25, 0.3) is 0 Å². The van der Waals surface area contributed by atoms with Crippen molar-refractivity contribution >= 4 is 27.4 Å². The molecule has 0 aliphatic heterocycles. The monoisotopic (exact) mass is 319 g/mol. The van der Waals surface area contributed by atoms with Gasteiger partial charge in [0, 0.05) is 25.2 Å². The Balaban J connectivity index is 2.43. The number of rotatable bonds is 3. The topological polar surface area (TPSA) is 29.0 Å². The van der Waals surface area contributed by atoms with Crippen LogP contribution < -0.4 is 4.90 Å². The summed E-state index contributed by atoms with van der Waals surface area (Å²) in [5.74, 6) is 1.75. The average molecular weight is 320 g/mol. The number of benzene rings is 1. The van der Waals surface area contributed by atoms with Gasteiger partial charge in [-0.15, -0.1) is 0 Å². The van der Waals surface area contributed by atoms with Gasteiger partial charge in [0.15, 0.2) is 0 Å². The highest BCUT2D eigenvalue weighted by Crippen LogP contribution is 2.25. The first-order valence-electron chi connectivity index (χ1n) is 6.35. The van der Waals surface area contributed by atoms with Crippen molar-refractivity contribution in [2.75, 3.05) is 11.9 Å². The third-order valence-corrected chi connectivity index (χ3v) is 3.39. The number of aryl methyl sites for hydroxylation is 3. The van der Waals surface area contributed by atoms with Gasteiger partial charge in [-0.3, -0.25) is 0 Å². The summed E-state index contributed by atoms with van der Waals surface area (Å²) in [6.45, 7) is 6.28. The van der Waals surface area contributed by atoms with Crippen molar-refractivity contribution in [1.29, 1.82) is 0 Å². The molecule has 1 aromatic heterocycles. The fourth-order valence-corrected chi connectivity index (χ4v) is 2.47. The van der Waals surface area contributed by atoms with E-state index >= 15 is 0 Å². The molecule has 3 nitrogen and oxygen atoms in total. The molecule has 0 atom stereocenters. The molecule has 0 amide bonds. The summed E-state index contributed by atoms with van der Waals surface area (Å²) in [4.78, 5) is 11.0. The molecule has 0 aliphatic carbocycles. The van der Waals surface area contributed by atoms with Crippen LogP contribution in [0, 0.1) is 13.8 Å². The van der Waals surface area contributed by atoms with Crippen molar-refractivity contribution in [2.45, 2.75) is 27.2 Å². The lowest BCUT2D eigenvalue weighted by Gasteiger charge is -2.20. The van der Waals surface area contributed by atoms with E-state index in [9.17, 15) is 0 Å². The fourth-order valence-electron chi connectivity index (χ4n) is 2.06. The van der Waals surface area contributed by atoms with Gasteiger partial charge in [0.25, 0.3) is 0 Å². The second-order valence-corrected chi connectivity index (χ2v) is 5.54. The smallest absolute Gasteiger partial charge is 0.137 e. The summed E-state index contributed by atoms with van der Waals surface area (Å²) in [5.41, 5.74) is 3.65. The maximum Gasteiger partial charge on any atom is 0.137 e. The van der Waals surface area contributed by atoms with E-state index in [1.165, 1.54) is 11.1 Å². The van der Waals surface area contributed by atoms with Crippen molar-refractivity contribution < 1.29 is 0 Å². The molecule has 0 bridgehead atoms. The van der Waals surface area contributed by atoms with Gasteiger partial charge < -0.3 is 4.90 Å².